The third-order valence-electron chi connectivity index (χ3n) is 5.61. The Morgan fingerprint density at radius 1 is 1.00 bits per heavy atom. The highest BCUT2D eigenvalue weighted by atomic mass is 32.1. The van der Waals surface area contributed by atoms with Gasteiger partial charge in [-0.25, -0.2) is 9.07 Å². The zero-order valence-electron chi connectivity index (χ0n) is 16.8. The molecule has 8 heteroatoms. The molecule has 1 atom stereocenters. The predicted molar refractivity (Wildman–Crippen MR) is 118 cm³/mol. The van der Waals surface area contributed by atoms with E-state index in [-0.39, 0.29) is 11.9 Å². The second-order valence-electron chi connectivity index (χ2n) is 7.55. The maximum Gasteiger partial charge on any atom is 0.204 e. The van der Waals surface area contributed by atoms with Crippen LogP contribution in [-0.2, 0) is 6.67 Å². The molecule has 4 aromatic rings. The fourth-order valence-corrected chi connectivity index (χ4v) is 4.42. The molecule has 0 N–H and O–H groups in total. The normalized spacial score (nSPS) is 16.6. The van der Waals surface area contributed by atoms with E-state index in [2.05, 4.69) is 20.9 Å². The highest BCUT2D eigenvalue weighted by molar-refractivity contribution is 7.71. The number of pyridine rings is 2. The van der Waals surface area contributed by atoms with Crippen molar-refractivity contribution in [1.82, 2.24) is 29.2 Å². The van der Waals surface area contributed by atoms with Crippen LogP contribution in [0.2, 0.25) is 0 Å². The molecule has 1 aliphatic heterocycles. The lowest BCUT2D eigenvalue weighted by Crippen LogP contribution is -2.27. The van der Waals surface area contributed by atoms with Crippen molar-refractivity contribution >= 4 is 12.2 Å². The van der Waals surface area contributed by atoms with E-state index in [1.165, 1.54) is 17.7 Å². The van der Waals surface area contributed by atoms with Gasteiger partial charge in [0.2, 0.25) is 4.77 Å². The maximum absolute atomic E-state index is 13.5. The van der Waals surface area contributed by atoms with Gasteiger partial charge in [-0.1, -0.05) is 6.07 Å². The van der Waals surface area contributed by atoms with Gasteiger partial charge in [0.15, 0.2) is 5.82 Å². The fraction of sp³-hybridized carbons (Fsp3) is 0.217. The van der Waals surface area contributed by atoms with Crippen LogP contribution in [0.25, 0.3) is 17.1 Å². The molecular formula is C23H21FN6S. The highest BCUT2D eigenvalue weighted by Crippen LogP contribution is 2.32. The summed E-state index contributed by atoms with van der Waals surface area (Å²) in [6.45, 7) is 1.54. The molecule has 1 aromatic carbocycles. The van der Waals surface area contributed by atoms with Gasteiger partial charge in [0.05, 0.1) is 12.4 Å². The van der Waals surface area contributed by atoms with Crippen LogP contribution in [0.5, 0.6) is 0 Å². The van der Waals surface area contributed by atoms with Gasteiger partial charge < -0.3 is 0 Å². The van der Waals surface area contributed by atoms with E-state index in [9.17, 15) is 4.39 Å². The Balaban J connectivity index is 1.55. The molecule has 0 saturated carbocycles. The molecule has 0 aliphatic carbocycles. The van der Waals surface area contributed by atoms with Crippen LogP contribution in [0, 0.1) is 10.6 Å². The standard InChI is InChI=1S/C23H21FN6S/c24-19-5-7-20(8-6-19)30-22(17-9-12-25-13-10-17)27-29(23(30)31)16-28-14-2-4-21(28)18-3-1-11-26-15-18/h1,3,5-13,15,21H,2,4,14,16H2. The minimum Gasteiger partial charge on any atom is -0.277 e. The van der Waals surface area contributed by atoms with E-state index in [1.807, 2.05) is 33.6 Å². The maximum atomic E-state index is 13.5. The molecule has 1 saturated heterocycles. The first-order chi connectivity index (χ1) is 15.2. The largest absolute Gasteiger partial charge is 0.277 e. The lowest BCUT2D eigenvalue weighted by Gasteiger charge is -2.24. The molecular weight excluding hydrogens is 411 g/mol. The first kappa shape index (κ1) is 19.7. The molecule has 1 unspecified atom stereocenters. The molecule has 4 heterocycles. The summed E-state index contributed by atoms with van der Waals surface area (Å²) in [4.78, 5) is 10.8. The fourth-order valence-electron chi connectivity index (χ4n) is 4.13. The monoisotopic (exact) mass is 432 g/mol. The number of hydrogen-bond acceptors (Lipinski definition) is 5. The van der Waals surface area contributed by atoms with Gasteiger partial charge in [0.25, 0.3) is 0 Å². The first-order valence-corrected chi connectivity index (χ1v) is 10.6. The summed E-state index contributed by atoms with van der Waals surface area (Å²) in [5.41, 5.74) is 2.88. The Morgan fingerprint density at radius 2 is 1.81 bits per heavy atom. The van der Waals surface area contributed by atoms with Crippen molar-refractivity contribution in [3.8, 4) is 17.1 Å². The SMILES string of the molecule is Fc1ccc(-n2c(-c3ccncc3)nn(CN3CCCC3c3cccnc3)c2=S)cc1. The molecule has 0 radical (unpaired) electrons. The molecule has 3 aromatic heterocycles. The number of rotatable bonds is 5. The van der Waals surface area contributed by atoms with Gasteiger partial charge in [-0.2, -0.15) is 0 Å². The topological polar surface area (TPSA) is 51.8 Å². The number of aromatic nitrogens is 5. The van der Waals surface area contributed by atoms with E-state index in [4.69, 9.17) is 17.3 Å². The van der Waals surface area contributed by atoms with E-state index >= 15 is 0 Å². The Bertz CT molecular complexity index is 1220. The summed E-state index contributed by atoms with van der Waals surface area (Å²) in [6.07, 6.45) is 9.38. The van der Waals surface area contributed by atoms with E-state index in [0.717, 1.165) is 30.6 Å². The van der Waals surface area contributed by atoms with Gasteiger partial charge >= 0.3 is 0 Å². The molecule has 31 heavy (non-hydrogen) atoms. The number of nitrogens with zero attached hydrogens (tertiary/aromatic N) is 6. The van der Waals surface area contributed by atoms with Crippen molar-refractivity contribution in [3.63, 3.8) is 0 Å². The minimum absolute atomic E-state index is 0.287. The molecule has 1 aliphatic rings. The Kier molecular flexibility index (Phi) is 5.40. The van der Waals surface area contributed by atoms with E-state index < -0.39 is 0 Å². The third kappa shape index (κ3) is 3.92. The number of benzene rings is 1. The van der Waals surface area contributed by atoms with Crippen molar-refractivity contribution in [2.45, 2.75) is 25.6 Å². The molecule has 6 nitrogen and oxygen atoms in total. The number of likely N-dealkylation sites (tertiary alicyclic amines) is 1. The van der Waals surface area contributed by atoms with Crippen LogP contribution >= 0.6 is 12.2 Å². The lowest BCUT2D eigenvalue weighted by molar-refractivity contribution is 0.190. The van der Waals surface area contributed by atoms with Crippen molar-refractivity contribution < 1.29 is 4.39 Å². The molecule has 156 valence electrons. The first-order valence-electron chi connectivity index (χ1n) is 10.2. The van der Waals surface area contributed by atoms with Gasteiger partial charge in [-0.15, -0.1) is 5.10 Å². The summed E-state index contributed by atoms with van der Waals surface area (Å²) in [5, 5.41) is 4.87. The Hall–Kier alpha value is -3.23. The molecule has 0 spiro atoms. The van der Waals surface area contributed by atoms with Crippen molar-refractivity contribution in [1.29, 1.82) is 0 Å². The number of halogens is 1. The summed E-state index contributed by atoms with van der Waals surface area (Å²) >= 11 is 5.83. The summed E-state index contributed by atoms with van der Waals surface area (Å²) in [5.74, 6) is 0.417. The summed E-state index contributed by atoms with van der Waals surface area (Å²) < 4.78 is 17.8. The van der Waals surface area contributed by atoms with Gasteiger partial charge in [-0.05, 0) is 73.1 Å². The molecule has 5 rings (SSSR count). The number of hydrogen-bond donors (Lipinski definition) is 0. The van der Waals surface area contributed by atoms with Crippen LogP contribution in [-0.4, -0.2) is 35.8 Å². The average molecular weight is 433 g/mol. The van der Waals surface area contributed by atoms with Crippen molar-refractivity contribution in [2.75, 3.05) is 6.54 Å². The zero-order chi connectivity index (χ0) is 21.2. The Labute approximate surface area is 184 Å². The van der Waals surface area contributed by atoms with Crippen LogP contribution in [0.4, 0.5) is 4.39 Å². The van der Waals surface area contributed by atoms with E-state index in [0.29, 0.717) is 17.3 Å². The van der Waals surface area contributed by atoms with Crippen molar-refractivity contribution in [2.24, 2.45) is 0 Å². The third-order valence-corrected chi connectivity index (χ3v) is 6.00. The van der Waals surface area contributed by atoms with Crippen LogP contribution in [0.1, 0.15) is 24.4 Å². The van der Waals surface area contributed by atoms with Crippen molar-refractivity contribution in [3.05, 3.63) is 89.5 Å². The molecule has 0 bridgehead atoms. The second-order valence-corrected chi connectivity index (χ2v) is 7.92. The second kappa shape index (κ2) is 8.49. The smallest absolute Gasteiger partial charge is 0.204 e. The van der Waals surface area contributed by atoms with Gasteiger partial charge in [0, 0.05) is 42.9 Å². The van der Waals surface area contributed by atoms with Crippen LogP contribution < -0.4 is 0 Å². The predicted octanol–water partition coefficient (Wildman–Crippen LogP) is 4.79. The van der Waals surface area contributed by atoms with Gasteiger partial charge in [0.1, 0.15) is 5.82 Å². The van der Waals surface area contributed by atoms with E-state index in [1.54, 1.807) is 30.7 Å². The lowest BCUT2D eigenvalue weighted by atomic mass is 10.1. The summed E-state index contributed by atoms with van der Waals surface area (Å²) in [6, 6.07) is 14.5. The molecule has 0 amide bonds. The quantitative estimate of drug-likeness (QED) is 0.424. The zero-order valence-corrected chi connectivity index (χ0v) is 17.6. The van der Waals surface area contributed by atoms with Crippen LogP contribution in [0.3, 0.4) is 0 Å². The van der Waals surface area contributed by atoms with Gasteiger partial charge in [-0.3, -0.25) is 19.4 Å². The highest BCUT2D eigenvalue weighted by Gasteiger charge is 2.27. The summed E-state index contributed by atoms with van der Waals surface area (Å²) in [7, 11) is 0. The molecule has 1 fully saturated rings. The minimum atomic E-state index is -0.287. The average Bonchev–Trinajstić information content (AvgIpc) is 3.41. The Morgan fingerprint density at radius 3 is 2.55 bits per heavy atom. The van der Waals surface area contributed by atoms with Crippen LogP contribution in [0.15, 0.2) is 73.3 Å².